The third-order valence-corrected chi connectivity index (χ3v) is 4.91. The van der Waals surface area contributed by atoms with Crippen LogP contribution in [0, 0.1) is 0 Å². The van der Waals surface area contributed by atoms with E-state index in [2.05, 4.69) is 61.7 Å². The number of hydrogen-bond donors (Lipinski definition) is 1. The summed E-state index contributed by atoms with van der Waals surface area (Å²) in [5.41, 5.74) is 3.49. The maximum atomic E-state index is 4.43. The number of aromatic nitrogens is 4. The van der Waals surface area contributed by atoms with Crippen LogP contribution < -0.4 is 5.32 Å². The van der Waals surface area contributed by atoms with E-state index in [1.807, 2.05) is 12.3 Å². The fourth-order valence-electron chi connectivity index (χ4n) is 3.39. The van der Waals surface area contributed by atoms with E-state index in [0.29, 0.717) is 6.04 Å². The van der Waals surface area contributed by atoms with Gasteiger partial charge in [0.2, 0.25) is 0 Å². The van der Waals surface area contributed by atoms with Crippen LogP contribution in [0.1, 0.15) is 24.1 Å². The molecule has 0 spiro atoms. The van der Waals surface area contributed by atoms with Crippen LogP contribution in [0.5, 0.6) is 0 Å². The van der Waals surface area contributed by atoms with Gasteiger partial charge in [-0.2, -0.15) is 5.10 Å². The molecule has 0 amide bonds. The molecule has 0 unspecified atom stereocenters. The van der Waals surface area contributed by atoms with Crippen LogP contribution in [-0.2, 0) is 13.1 Å². The van der Waals surface area contributed by atoms with Crippen LogP contribution in [0.2, 0.25) is 0 Å². The maximum absolute atomic E-state index is 4.43. The van der Waals surface area contributed by atoms with Gasteiger partial charge in [-0.25, -0.2) is 9.67 Å². The molecule has 3 aromatic rings. The van der Waals surface area contributed by atoms with E-state index >= 15 is 0 Å². The monoisotopic (exact) mass is 348 g/mol. The molecule has 26 heavy (non-hydrogen) atoms. The van der Waals surface area contributed by atoms with Crippen molar-refractivity contribution in [3.8, 4) is 5.69 Å². The number of nitrogens with one attached hydrogen (secondary N) is 1. The lowest BCUT2D eigenvalue weighted by Gasteiger charge is -2.32. The highest BCUT2D eigenvalue weighted by atomic mass is 15.3. The fraction of sp³-hybridized carbons (Fsp3) is 0.350. The second-order valence-electron chi connectivity index (χ2n) is 6.76. The van der Waals surface area contributed by atoms with E-state index in [1.165, 1.54) is 18.4 Å². The summed E-state index contributed by atoms with van der Waals surface area (Å²) in [4.78, 5) is 10.9. The first kappa shape index (κ1) is 16.9. The second kappa shape index (κ2) is 8.21. The first-order valence-electron chi connectivity index (χ1n) is 9.16. The molecule has 1 N–H and O–H groups in total. The number of benzene rings is 1. The maximum Gasteiger partial charge on any atom is 0.138 e. The van der Waals surface area contributed by atoms with Gasteiger partial charge in [0.05, 0.1) is 11.4 Å². The predicted octanol–water partition coefficient (Wildman–Crippen LogP) is 2.42. The number of hydrogen-bond acceptors (Lipinski definition) is 5. The van der Waals surface area contributed by atoms with E-state index in [9.17, 15) is 0 Å². The quantitative estimate of drug-likeness (QED) is 0.741. The summed E-state index contributed by atoms with van der Waals surface area (Å²) < 4.78 is 1.77. The van der Waals surface area contributed by atoms with Crippen molar-refractivity contribution in [3.63, 3.8) is 0 Å². The van der Waals surface area contributed by atoms with Gasteiger partial charge in [-0.15, -0.1) is 0 Å². The van der Waals surface area contributed by atoms with E-state index in [1.54, 1.807) is 17.3 Å². The standard InChI is InChI=1S/C20H24N6/c1-2-10-22-19(3-1)14-25-11-8-18(9-12-25)23-13-17-4-6-20(7-5-17)26-16-21-15-24-26/h1-7,10,15-16,18,23H,8-9,11-14H2. The Morgan fingerprint density at radius 2 is 1.88 bits per heavy atom. The lowest BCUT2D eigenvalue weighted by atomic mass is 10.0. The summed E-state index contributed by atoms with van der Waals surface area (Å²) in [7, 11) is 0. The van der Waals surface area contributed by atoms with E-state index in [-0.39, 0.29) is 0 Å². The van der Waals surface area contributed by atoms with Gasteiger partial charge in [0.25, 0.3) is 0 Å². The fourth-order valence-corrected chi connectivity index (χ4v) is 3.39. The first-order chi connectivity index (χ1) is 12.9. The Morgan fingerprint density at radius 3 is 2.58 bits per heavy atom. The van der Waals surface area contributed by atoms with Crippen LogP contribution in [-0.4, -0.2) is 43.8 Å². The van der Waals surface area contributed by atoms with Crippen LogP contribution in [0.25, 0.3) is 5.69 Å². The van der Waals surface area contributed by atoms with Gasteiger partial charge in [0.15, 0.2) is 0 Å². The summed E-state index contributed by atoms with van der Waals surface area (Å²) in [6, 6.07) is 15.2. The van der Waals surface area contributed by atoms with Crippen LogP contribution >= 0.6 is 0 Å². The Labute approximate surface area is 153 Å². The van der Waals surface area contributed by atoms with Gasteiger partial charge in [0.1, 0.15) is 12.7 Å². The molecule has 3 heterocycles. The minimum Gasteiger partial charge on any atom is -0.310 e. The molecule has 1 aliphatic rings. The van der Waals surface area contributed by atoms with Crippen LogP contribution in [0.15, 0.2) is 61.3 Å². The highest BCUT2D eigenvalue weighted by molar-refractivity contribution is 5.33. The zero-order valence-electron chi connectivity index (χ0n) is 14.8. The normalized spacial score (nSPS) is 16.0. The molecular weight excluding hydrogens is 324 g/mol. The average Bonchev–Trinajstić information content (AvgIpc) is 3.24. The lowest BCUT2D eigenvalue weighted by Crippen LogP contribution is -2.41. The molecule has 4 rings (SSSR count). The molecule has 0 aliphatic carbocycles. The summed E-state index contributed by atoms with van der Waals surface area (Å²) in [6.45, 7) is 4.11. The lowest BCUT2D eigenvalue weighted by molar-refractivity contribution is 0.188. The Balaban J connectivity index is 1.22. The van der Waals surface area contributed by atoms with E-state index in [4.69, 9.17) is 0 Å². The van der Waals surface area contributed by atoms with Crippen LogP contribution in [0.4, 0.5) is 0 Å². The van der Waals surface area contributed by atoms with Gasteiger partial charge < -0.3 is 5.32 Å². The van der Waals surface area contributed by atoms with Crippen molar-refractivity contribution in [1.29, 1.82) is 0 Å². The van der Waals surface area contributed by atoms with E-state index < -0.39 is 0 Å². The Kier molecular flexibility index (Phi) is 5.33. The molecule has 1 saturated heterocycles. The van der Waals surface area contributed by atoms with Crippen molar-refractivity contribution in [1.82, 2.24) is 30.0 Å². The Bertz CT molecular complexity index is 777. The van der Waals surface area contributed by atoms with E-state index in [0.717, 1.165) is 37.6 Å². The molecule has 0 saturated carbocycles. The Hall–Kier alpha value is -2.57. The summed E-state index contributed by atoms with van der Waals surface area (Å²) in [5.74, 6) is 0. The zero-order valence-corrected chi connectivity index (χ0v) is 14.8. The summed E-state index contributed by atoms with van der Waals surface area (Å²) >= 11 is 0. The van der Waals surface area contributed by atoms with Crippen molar-refractivity contribution in [3.05, 3.63) is 72.6 Å². The third kappa shape index (κ3) is 4.33. The van der Waals surface area contributed by atoms with Gasteiger partial charge in [-0.1, -0.05) is 18.2 Å². The third-order valence-electron chi connectivity index (χ3n) is 4.91. The number of piperidine rings is 1. The highest BCUT2D eigenvalue weighted by Gasteiger charge is 2.19. The first-order valence-corrected chi connectivity index (χ1v) is 9.16. The minimum absolute atomic E-state index is 0.588. The molecule has 6 heteroatoms. The molecule has 134 valence electrons. The SMILES string of the molecule is c1ccc(CN2CCC(NCc3ccc(-n4cncn4)cc3)CC2)nc1. The second-order valence-corrected chi connectivity index (χ2v) is 6.76. The number of rotatable bonds is 6. The molecule has 6 nitrogen and oxygen atoms in total. The van der Waals surface area contributed by atoms with Gasteiger partial charge in [-0.05, 0) is 42.7 Å². The zero-order chi connectivity index (χ0) is 17.6. The number of nitrogens with zero attached hydrogens (tertiary/aromatic N) is 5. The topological polar surface area (TPSA) is 58.9 Å². The molecule has 0 radical (unpaired) electrons. The summed E-state index contributed by atoms with van der Waals surface area (Å²) in [5, 5.41) is 7.85. The molecule has 2 aromatic heterocycles. The number of likely N-dealkylation sites (tertiary alicyclic amines) is 1. The van der Waals surface area contributed by atoms with Gasteiger partial charge in [-0.3, -0.25) is 9.88 Å². The molecule has 0 atom stereocenters. The van der Waals surface area contributed by atoms with Crippen molar-refractivity contribution in [2.24, 2.45) is 0 Å². The highest BCUT2D eigenvalue weighted by Crippen LogP contribution is 2.14. The molecular formula is C20H24N6. The predicted molar refractivity (Wildman–Crippen MR) is 101 cm³/mol. The summed E-state index contributed by atoms with van der Waals surface area (Å²) in [6.07, 6.45) is 7.51. The van der Waals surface area contributed by atoms with Crippen molar-refractivity contribution >= 4 is 0 Å². The van der Waals surface area contributed by atoms with Gasteiger partial charge in [0, 0.05) is 38.4 Å². The number of pyridine rings is 1. The molecule has 0 bridgehead atoms. The molecule has 1 aromatic carbocycles. The van der Waals surface area contributed by atoms with Crippen molar-refractivity contribution in [2.75, 3.05) is 13.1 Å². The van der Waals surface area contributed by atoms with Crippen molar-refractivity contribution < 1.29 is 0 Å². The minimum atomic E-state index is 0.588. The molecule has 1 fully saturated rings. The average molecular weight is 348 g/mol. The molecule has 1 aliphatic heterocycles. The van der Waals surface area contributed by atoms with Gasteiger partial charge >= 0.3 is 0 Å². The smallest absolute Gasteiger partial charge is 0.138 e. The van der Waals surface area contributed by atoms with Crippen molar-refractivity contribution in [2.45, 2.75) is 32.0 Å². The van der Waals surface area contributed by atoms with Crippen LogP contribution in [0.3, 0.4) is 0 Å². The Morgan fingerprint density at radius 1 is 1.04 bits per heavy atom. The largest absolute Gasteiger partial charge is 0.310 e.